The Morgan fingerprint density at radius 1 is 1.18 bits per heavy atom. The molecule has 2 rings (SSSR count). The largest absolute Gasteiger partial charge is 0.238 e. The Morgan fingerprint density at radius 3 is 2.47 bits per heavy atom. The van der Waals surface area contributed by atoms with E-state index in [0.29, 0.717) is 12.2 Å². The lowest BCUT2D eigenvalue weighted by atomic mass is 10.3. The number of thioether (sulfide) groups is 1. The summed E-state index contributed by atoms with van der Waals surface area (Å²) in [4.78, 5) is 16.1. The molecule has 0 amide bonds. The van der Waals surface area contributed by atoms with Gasteiger partial charge in [-0.3, -0.25) is 0 Å². The maximum absolute atomic E-state index is 12.6. The van der Waals surface area contributed by atoms with Gasteiger partial charge in [0.1, 0.15) is 5.82 Å². The van der Waals surface area contributed by atoms with E-state index < -0.39 is 5.82 Å². The predicted molar refractivity (Wildman–Crippen MR) is 63.0 cm³/mol. The van der Waals surface area contributed by atoms with Crippen LogP contribution < -0.4 is 0 Å². The Morgan fingerprint density at radius 2 is 1.82 bits per heavy atom. The summed E-state index contributed by atoms with van der Waals surface area (Å²) in [7, 11) is 0. The van der Waals surface area contributed by atoms with Gasteiger partial charge in [-0.05, 0) is 6.07 Å². The summed E-state index contributed by atoms with van der Waals surface area (Å²) in [5.74, 6) is 0.211. The molecule has 0 aromatic carbocycles. The van der Waals surface area contributed by atoms with Crippen molar-refractivity contribution in [3.8, 4) is 0 Å². The second-order valence-corrected chi connectivity index (χ2v) is 4.89. The van der Waals surface area contributed by atoms with Gasteiger partial charge in [0.05, 0.1) is 12.4 Å². The van der Waals surface area contributed by atoms with Crippen LogP contribution in [0.4, 0.5) is 4.39 Å². The predicted octanol–water partition coefficient (Wildman–Crippen LogP) is 2.13. The lowest BCUT2D eigenvalue weighted by Gasteiger charge is -2.08. The molecule has 0 fully saturated rings. The van der Waals surface area contributed by atoms with Crippen molar-refractivity contribution >= 4 is 11.8 Å². The van der Waals surface area contributed by atoms with Crippen LogP contribution in [0.1, 0.15) is 12.7 Å². The number of hydrogen-bond acceptors (Lipinski definition) is 5. The maximum Gasteiger partial charge on any atom is 0.187 e. The summed E-state index contributed by atoms with van der Waals surface area (Å²) in [6.45, 7) is 2.04. The van der Waals surface area contributed by atoms with Crippen molar-refractivity contribution in [2.24, 2.45) is 0 Å². The van der Waals surface area contributed by atoms with Crippen LogP contribution >= 0.6 is 11.8 Å². The minimum absolute atomic E-state index is 0.239. The van der Waals surface area contributed by atoms with Crippen molar-refractivity contribution in [2.75, 3.05) is 0 Å². The Labute approximate surface area is 103 Å². The molecule has 0 saturated heterocycles. The molecule has 0 N–H and O–H groups in total. The van der Waals surface area contributed by atoms with E-state index in [1.165, 1.54) is 12.4 Å². The molecule has 2 heterocycles. The van der Waals surface area contributed by atoms with Crippen molar-refractivity contribution in [3.63, 3.8) is 0 Å². The zero-order valence-electron chi connectivity index (χ0n) is 9.25. The number of halogens is 1. The van der Waals surface area contributed by atoms with Gasteiger partial charge in [0.2, 0.25) is 0 Å². The average Bonchev–Trinajstić information content (AvgIpc) is 2.33. The molecule has 6 heteroatoms. The molecule has 0 bridgehead atoms. The topological polar surface area (TPSA) is 51.6 Å². The fraction of sp³-hybridized carbons (Fsp3) is 0.273. The van der Waals surface area contributed by atoms with Crippen molar-refractivity contribution in [1.29, 1.82) is 0 Å². The smallest absolute Gasteiger partial charge is 0.187 e. The summed E-state index contributed by atoms with van der Waals surface area (Å²) < 4.78 is 12.6. The molecule has 1 atom stereocenters. The fourth-order valence-corrected chi connectivity index (χ4v) is 2.11. The van der Waals surface area contributed by atoms with E-state index in [-0.39, 0.29) is 5.25 Å². The second-order valence-electron chi connectivity index (χ2n) is 3.48. The van der Waals surface area contributed by atoms with Gasteiger partial charge in [-0.25, -0.2) is 24.3 Å². The number of hydrogen-bond donors (Lipinski definition) is 0. The first kappa shape index (κ1) is 11.9. The Hall–Kier alpha value is -1.56. The van der Waals surface area contributed by atoms with Crippen LogP contribution in [0.3, 0.4) is 0 Å². The number of rotatable bonds is 4. The van der Waals surface area contributed by atoms with E-state index in [9.17, 15) is 4.39 Å². The molecule has 0 spiro atoms. The van der Waals surface area contributed by atoms with E-state index in [1.54, 1.807) is 30.2 Å². The first-order chi connectivity index (χ1) is 8.24. The number of aromatic nitrogens is 4. The highest BCUT2D eigenvalue weighted by atomic mass is 32.2. The molecule has 88 valence electrons. The van der Waals surface area contributed by atoms with E-state index in [1.807, 2.05) is 6.92 Å². The average molecular weight is 250 g/mol. The molecule has 0 aliphatic carbocycles. The molecule has 17 heavy (non-hydrogen) atoms. The van der Waals surface area contributed by atoms with Gasteiger partial charge in [-0.1, -0.05) is 18.7 Å². The van der Waals surface area contributed by atoms with Crippen LogP contribution in [0, 0.1) is 5.82 Å². The van der Waals surface area contributed by atoms with Crippen molar-refractivity contribution in [3.05, 3.63) is 42.5 Å². The minimum atomic E-state index is -0.416. The molecule has 0 radical (unpaired) electrons. The third kappa shape index (κ3) is 3.74. The molecule has 4 nitrogen and oxygen atoms in total. The highest BCUT2D eigenvalue weighted by Gasteiger charge is 2.09. The van der Waals surface area contributed by atoms with E-state index in [4.69, 9.17) is 0 Å². The third-order valence-corrected chi connectivity index (χ3v) is 2.98. The fourth-order valence-electron chi connectivity index (χ4n) is 1.27. The SMILES string of the molecule is C[C@H](Cc1ncc(F)cn1)Sc1ncccn1. The van der Waals surface area contributed by atoms with Gasteiger partial charge in [0, 0.05) is 24.1 Å². The quantitative estimate of drug-likeness (QED) is 0.614. The Balaban J connectivity index is 1.93. The molecular weight excluding hydrogens is 239 g/mol. The normalized spacial score (nSPS) is 12.4. The Bertz CT molecular complexity index is 463. The highest BCUT2D eigenvalue weighted by molar-refractivity contribution is 7.99. The van der Waals surface area contributed by atoms with Gasteiger partial charge in [-0.2, -0.15) is 0 Å². The number of nitrogens with zero attached hydrogens (tertiary/aromatic N) is 4. The first-order valence-electron chi connectivity index (χ1n) is 5.14. The van der Waals surface area contributed by atoms with Gasteiger partial charge < -0.3 is 0 Å². The molecule has 0 aliphatic heterocycles. The first-order valence-corrected chi connectivity index (χ1v) is 6.02. The lowest BCUT2D eigenvalue weighted by Crippen LogP contribution is -2.06. The molecular formula is C11H11FN4S. The zero-order valence-corrected chi connectivity index (χ0v) is 10.1. The maximum atomic E-state index is 12.6. The Kier molecular flexibility index (Phi) is 3.98. The molecule has 0 aliphatic rings. The van der Waals surface area contributed by atoms with Crippen molar-refractivity contribution < 1.29 is 4.39 Å². The van der Waals surface area contributed by atoms with Crippen LogP contribution in [-0.2, 0) is 6.42 Å². The highest BCUT2D eigenvalue weighted by Crippen LogP contribution is 2.20. The van der Waals surface area contributed by atoms with Crippen LogP contribution in [0.5, 0.6) is 0 Å². The van der Waals surface area contributed by atoms with Gasteiger partial charge in [-0.15, -0.1) is 0 Å². The summed E-state index contributed by atoms with van der Waals surface area (Å²) in [5.41, 5.74) is 0. The second kappa shape index (κ2) is 5.67. The summed E-state index contributed by atoms with van der Waals surface area (Å²) in [6.07, 6.45) is 6.42. The molecule has 0 unspecified atom stereocenters. The van der Waals surface area contributed by atoms with Crippen LogP contribution in [-0.4, -0.2) is 25.2 Å². The van der Waals surface area contributed by atoms with Crippen LogP contribution in [0.25, 0.3) is 0 Å². The zero-order chi connectivity index (χ0) is 12.1. The van der Waals surface area contributed by atoms with E-state index in [2.05, 4.69) is 19.9 Å². The van der Waals surface area contributed by atoms with Crippen molar-refractivity contribution in [1.82, 2.24) is 19.9 Å². The minimum Gasteiger partial charge on any atom is -0.238 e. The third-order valence-electron chi connectivity index (χ3n) is 1.99. The lowest BCUT2D eigenvalue weighted by molar-refractivity contribution is 0.607. The van der Waals surface area contributed by atoms with Crippen LogP contribution in [0.2, 0.25) is 0 Å². The van der Waals surface area contributed by atoms with Crippen molar-refractivity contribution in [2.45, 2.75) is 23.8 Å². The van der Waals surface area contributed by atoms with E-state index >= 15 is 0 Å². The molecule has 2 aromatic heterocycles. The van der Waals surface area contributed by atoms with Gasteiger partial charge in [0.15, 0.2) is 11.0 Å². The monoisotopic (exact) mass is 250 g/mol. The summed E-state index contributed by atoms with van der Waals surface area (Å²) in [5, 5.41) is 0.963. The summed E-state index contributed by atoms with van der Waals surface area (Å²) in [6, 6.07) is 1.78. The molecule has 2 aromatic rings. The summed E-state index contributed by atoms with van der Waals surface area (Å²) >= 11 is 1.55. The molecule has 0 saturated carbocycles. The van der Waals surface area contributed by atoms with Crippen LogP contribution in [0.15, 0.2) is 36.0 Å². The van der Waals surface area contributed by atoms with Gasteiger partial charge in [0.25, 0.3) is 0 Å². The van der Waals surface area contributed by atoms with Gasteiger partial charge >= 0.3 is 0 Å². The van der Waals surface area contributed by atoms with E-state index in [0.717, 1.165) is 5.16 Å². The standard InChI is InChI=1S/C11H11FN4S/c1-8(17-11-13-3-2-4-14-11)5-10-15-6-9(12)7-16-10/h2-4,6-8H,5H2,1H3/t8-/m1/s1.